The predicted octanol–water partition coefficient (Wildman–Crippen LogP) is 8.11. The molecule has 0 spiro atoms. The van der Waals surface area contributed by atoms with Crippen LogP contribution in [0.15, 0.2) is 5.11 Å². The normalized spacial score (nSPS) is 43.4. The van der Waals surface area contributed by atoms with Crippen molar-refractivity contribution in [2.24, 2.45) is 51.5 Å². The van der Waals surface area contributed by atoms with Crippen LogP contribution in [0.4, 0.5) is 0 Å². The van der Waals surface area contributed by atoms with Crippen LogP contribution in [-0.2, 0) is 4.79 Å². The summed E-state index contributed by atoms with van der Waals surface area (Å²) in [5.74, 6) is 5.45. The van der Waals surface area contributed by atoms with Crippen molar-refractivity contribution in [1.29, 1.82) is 0 Å². The first kappa shape index (κ1) is 23.1. The Morgan fingerprint density at radius 2 is 1.84 bits per heavy atom. The Bertz CT molecular complexity index is 741. The summed E-state index contributed by atoms with van der Waals surface area (Å²) >= 11 is 0. The monoisotopic (exact) mass is 427 g/mol. The van der Waals surface area contributed by atoms with Crippen LogP contribution >= 0.6 is 0 Å². The SMILES string of the molecule is CC(CCCC(C)(C)N=[N+]=[N-])[C@H]1CC[C@H]2[C@@H]3CC[C@H]4CC(=O)CC[C@]4(C)[C@H]3CC[C@]12C. The maximum Gasteiger partial charge on any atom is 0.133 e. The van der Waals surface area contributed by atoms with Crippen molar-refractivity contribution in [1.82, 2.24) is 0 Å². The minimum Gasteiger partial charge on any atom is -0.300 e. The highest BCUT2D eigenvalue weighted by molar-refractivity contribution is 5.79. The van der Waals surface area contributed by atoms with Crippen LogP contribution in [0.5, 0.6) is 0 Å². The van der Waals surface area contributed by atoms with E-state index in [1.54, 1.807) is 0 Å². The first-order valence-electron chi connectivity index (χ1n) is 13.2. The van der Waals surface area contributed by atoms with Gasteiger partial charge in [-0.2, -0.15) is 0 Å². The summed E-state index contributed by atoms with van der Waals surface area (Å²) in [5, 5.41) is 3.98. The van der Waals surface area contributed by atoms with E-state index >= 15 is 0 Å². The summed E-state index contributed by atoms with van der Waals surface area (Å²) in [5.41, 5.74) is 9.46. The van der Waals surface area contributed by atoms with Gasteiger partial charge in [-0.05, 0) is 103 Å². The first-order chi connectivity index (χ1) is 14.6. The highest BCUT2D eigenvalue weighted by Crippen LogP contribution is 2.68. The Hall–Kier alpha value is -1.02. The second kappa shape index (κ2) is 8.40. The Kier molecular flexibility index (Phi) is 6.27. The van der Waals surface area contributed by atoms with Crippen molar-refractivity contribution >= 4 is 5.78 Å². The molecule has 0 aromatic rings. The summed E-state index contributed by atoms with van der Waals surface area (Å²) < 4.78 is 0. The number of fused-ring (bicyclic) bond motifs is 5. The topological polar surface area (TPSA) is 65.8 Å². The molecular weight excluding hydrogens is 382 g/mol. The fourth-order valence-corrected chi connectivity index (χ4v) is 9.25. The lowest BCUT2D eigenvalue weighted by atomic mass is 9.44. The molecule has 4 heteroatoms. The van der Waals surface area contributed by atoms with Crippen molar-refractivity contribution < 1.29 is 4.79 Å². The summed E-state index contributed by atoms with van der Waals surface area (Å²) in [6, 6.07) is 0. The molecule has 0 aliphatic heterocycles. The molecule has 0 heterocycles. The lowest BCUT2D eigenvalue weighted by molar-refractivity contribution is -0.140. The molecule has 4 aliphatic carbocycles. The molecule has 0 N–H and O–H groups in total. The summed E-state index contributed by atoms with van der Waals surface area (Å²) in [6.07, 6.45) is 14.6. The molecular formula is C27H45N3O. The number of Topliss-reactive ketones (excluding diaryl/α,β-unsaturated/α-hetero) is 1. The van der Waals surface area contributed by atoms with Crippen molar-refractivity contribution in [3.05, 3.63) is 10.4 Å². The van der Waals surface area contributed by atoms with Gasteiger partial charge in [0.05, 0.1) is 0 Å². The Morgan fingerprint density at radius 3 is 2.58 bits per heavy atom. The minimum atomic E-state index is -0.260. The number of hydrogen-bond acceptors (Lipinski definition) is 2. The van der Waals surface area contributed by atoms with E-state index in [1.807, 2.05) is 0 Å². The van der Waals surface area contributed by atoms with E-state index in [0.29, 0.717) is 22.5 Å². The van der Waals surface area contributed by atoms with Gasteiger partial charge in [0.15, 0.2) is 0 Å². The molecule has 1 unspecified atom stereocenters. The lowest BCUT2D eigenvalue weighted by Gasteiger charge is -2.60. The molecule has 174 valence electrons. The maximum absolute atomic E-state index is 12.1. The highest BCUT2D eigenvalue weighted by atomic mass is 16.1. The van der Waals surface area contributed by atoms with Gasteiger partial charge >= 0.3 is 0 Å². The number of carbonyl (C=O) groups is 1. The summed E-state index contributed by atoms with van der Waals surface area (Å²) in [6.45, 7) is 11.8. The van der Waals surface area contributed by atoms with Crippen LogP contribution in [0.1, 0.15) is 112 Å². The molecule has 4 nitrogen and oxygen atoms in total. The number of rotatable bonds is 6. The molecule has 0 aromatic carbocycles. The van der Waals surface area contributed by atoms with Gasteiger partial charge < -0.3 is 0 Å². The number of carbonyl (C=O) groups excluding carboxylic acids is 1. The number of azide groups is 1. The van der Waals surface area contributed by atoms with E-state index < -0.39 is 0 Å². The van der Waals surface area contributed by atoms with E-state index in [9.17, 15) is 4.79 Å². The molecule has 8 atom stereocenters. The number of hydrogen-bond donors (Lipinski definition) is 0. The second-order valence-corrected chi connectivity index (χ2v) is 13.0. The minimum absolute atomic E-state index is 0.260. The zero-order chi connectivity index (χ0) is 22.4. The summed E-state index contributed by atoms with van der Waals surface area (Å²) in [7, 11) is 0. The molecule has 0 aromatic heterocycles. The van der Waals surface area contributed by atoms with Crippen molar-refractivity contribution in [2.75, 3.05) is 0 Å². The average Bonchev–Trinajstić information content (AvgIpc) is 3.05. The maximum atomic E-state index is 12.1. The average molecular weight is 428 g/mol. The second-order valence-electron chi connectivity index (χ2n) is 13.0. The van der Waals surface area contributed by atoms with Gasteiger partial charge in [-0.3, -0.25) is 4.79 Å². The van der Waals surface area contributed by atoms with Gasteiger partial charge in [-0.25, -0.2) is 0 Å². The van der Waals surface area contributed by atoms with Crippen molar-refractivity contribution in [2.45, 2.75) is 117 Å². The van der Waals surface area contributed by atoms with Crippen molar-refractivity contribution in [3.8, 4) is 0 Å². The third-order valence-electron chi connectivity index (χ3n) is 11.0. The largest absolute Gasteiger partial charge is 0.300 e. The molecule has 0 radical (unpaired) electrons. The molecule has 4 fully saturated rings. The standard InChI is InChI=1S/C27H45N3O/c1-18(7-6-14-25(2,3)29-30-28)22-10-11-23-21-9-8-19-17-20(31)12-15-26(19,4)24(21)13-16-27(22,23)5/h18-19,21-24H,6-17H2,1-5H3/t18?,19-,21-,22+,23-,24-,26-,27+/m0/s1. The molecule has 4 rings (SSSR count). The zero-order valence-electron chi connectivity index (χ0n) is 20.7. The van der Waals surface area contributed by atoms with E-state index in [1.165, 1.54) is 44.9 Å². The number of nitrogens with zero attached hydrogens (tertiary/aromatic N) is 3. The van der Waals surface area contributed by atoms with Gasteiger partial charge in [0.25, 0.3) is 0 Å². The van der Waals surface area contributed by atoms with Gasteiger partial charge in [-0.1, -0.05) is 52.6 Å². The van der Waals surface area contributed by atoms with Crippen LogP contribution in [0, 0.1) is 46.3 Å². The fourth-order valence-electron chi connectivity index (χ4n) is 9.25. The fraction of sp³-hybridized carbons (Fsp3) is 0.963. The molecule has 4 aliphatic rings. The molecule has 0 amide bonds. The third-order valence-corrected chi connectivity index (χ3v) is 11.0. The Morgan fingerprint density at radius 1 is 1.10 bits per heavy atom. The van der Waals surface area contributed by atoms with E-state index in [-0.39, 0.29) is 5.54 Å². The van der Waals surface area contributed by atoms with Gasteiger partial charge in [-0.15, -0.1) is 0 Å². The van der Waals surface area contributed by atoms with E-state index in [2.05, 4.69) is 44.6 Å². The molecule has 31 heavy (non-hydrogen) atoms. The van der Waals surface area contributed by atoms with Crippen LogP contribution < -0.4 is 0 Å². The molecule has 0 bridgehead atoms. The van der Waals surface area contributed by atoms with E-state index in [0.717, 1.165) is 61.7 Å². The van der Waals surface area contributed by atoms with Gasteiger partial charge in [0, 0.05) is 23.3 Å². The van der Waals surface area contributed by atoms with Crippen LogP contribution in [0.2, 0.25) is 0 Å². The quantitative estimate of drug-likeness (QED) is 0.240. The van der Waals surface area contributed by atoms with Crippen LogP contribution in [-0.4, -0.2) is 11.3 Å². The predicted molar refractivity (Wildman–Crippen MR) is 126 cm³/mol. The molecule has 0 saturated heterocycles. The van der Waals surface area contributed by atoms with E-state index in [4.69, 9.17) is 5.53 Å². The smallest absolute Gasteiger partial charge is 0.133 e. The highest BCUT2D eigenvalue weighted by Gasteiger charge is 2.60. The zero-order valence-corrected chi connectivity index (χ0v) is 20.7. The molecule has 4 saturated carbocycles. The number of ketones is 1. The van der Waals surface area contributed by atoms with Crippen molar-refractivity contribution in [3.63, 3.8) is 0 Å². The first-order valence-corrected chi connectivity index (χ1v) is 13.2. The van der Waals surface area contributed by atoms with Crippen LogP contribution in [0.3, 0.4) is 0 Å². The Balaban J connectivity index is 1.42. The Labute approximate surface area is 189 Å². The third kappa shape index (κ3) is 4.07. The summed E-state index contributed by atoms with van der Waals surface area (Å²) in [4.78, 5) is 15.2. The lowest BCUT2D eigenvalue weighted by Crippen LogP contribution is -2.53. The van der Waals surface area contributed by atoms with Crippen LogP contribution in [0.25, 0.3) is 10.4 Å². The van der Waals surface area contributed by atoms with Gasteiger partial charge in [0.1, 0.15) is 5.78 Å². The van der Waals surface area contributed by atoms with Gasteiger partial charge in [0.2, 0.25) is 0 Å².